The molecule has 2 rings (SSSR count). The number of methoxy groups -OCH3 is 1. The minimum atomic E-state index is 0.101. The van der Waals surface area contributed by atoms with Crippen molar-refractivity contribution in [1.29, 1.82) is 0 Å². The Morgan fingerprint density at radius 2 is 2.14 bits per heavy atom. The lowest BCUT2D eigenvalue weighted by Gasteiger charge is -2.10. The summed E-state index contributed by atoms with van der Waals surface area (Å²) >= 11 is 3.45. The second kappa shape index (κ2) is 6.99. The predicted octanol–water partition coefficient (Wildman–Crippen LogP) is 3.16. The Morgan fingerprint density at radius 3 is 2.81 bits per heavy atom. The lowest BCUT2D eigenvalue weighted by Crippen LogP contribution is -2.13. The van der Waals surface area contributed by atoms with Crippen LogP contribution in [0.5, 0.6) is 5.75 Å². The number of hydrogen-bond acceptors (Lipinski definition) is 4. The molecule has 4 N–H and O–H groups in total. The summed E-state index contributed by atoms with van der Waals surface area (Å²) in [6.07, 6.45) is 0. The molecular formula is C15H16BrN3O2. The van der Waals surface area contributed by atoms with Crippen LogP contribution in [0, 0.1) is 0 Å². The summed E-state index contributed by atoms with van der Waals surface area (Å²) in [6, 6.07) is 13.3. The zero-order valence-electron chi connectivity index (χ0n) is 11.5. The van der Waals surface area contributed by atoms with Crippen LogP contribution in [0.15, 0.2) is 52.1 Å². The minimum absolute atomic E-state index is 0.101. The minimum Gasteiger partial charge on any atom is -0.496 e. The average Bonchev–Trinajstić information content (AvgIpc) is 2.52. The van der Waals surface area contributed by atoms with Crippen molar-refractivity contribution in [3.8, 4) is 5.75 Å². The molecule has 0 radical (unpaired) electrons. The summed E-state index contributed by atoms with van der Waals surface area (Å²) in [5.41, 5.74) is 8.27. The van der Waals surface area contributed by atoms with E-state index >= 15 is 0 Å². The van der Waals surface area contributed by atoms with Crippen LogP contribution in [0.4, 0.5) is 5.69 Å². The van der Waals surface area contributed by atoms with E-state index in [0.29, 0.717) is 12.1 Å². The standard InChI is InChI=1S/C15H16BrN3O2/c1-21-14-6-5-12(8-13(14)16)18-9-10-3-2-4-11(7-10)15(17)19-20/h2-8,18,20H,9H2,1H3,(H2,17,19). The monoisotopic (exact) mass is 349 g/mol. The van der Waals surface area contributed by atoms with Crippen molar-refractivity contribution in [2.24, 2.45) is 10.9 Å². The molecular weight excluding hydrogens is 334 g/mol. The lowest BCUT2D eigenvalue weighted by molar-refractivity contribution is 0.318. The van der Waals surface area contributed by atoms with Gasteiger partial charge in [-0.2, -0.15) is 0 Å². The van der Waals surface area contributed by atoms with E-state index in [9.17, 15) is 0 Å². The quantitative estimate of drug-likeness (QED) is 0.335. The van der Waals surface area contributed by atoms with Crippen LogP contribution >= 0.6 is 15.9 Å². The van der Waals surface area contributed by atoms with Crippen LogP contribution in [-0.2, 0) is 6.54 Å². The summed E-state index contributed by atoms with van der Waals surface area (Å²) in [5, 5.41) is 15.0. The van der Waals surface area contributed by atoms with Crippen molar-refractivity contribution in [3.63, 3.8) is 0 Å². The molecule has 0 amide bonds. The number of hydrogen-bond donors (Lipinski definition) is 3. The highest BCUT2D eigenvalue weighted by atomic mass is 79.9. The number of halogens is 1. The van der Waals surface area contributed by atoms with Crippen molar-refractivity contribution in [2.45, 2.75) is 6.54 Å². The van der Waals surface area contributed by atoms with Gasteiger partial charge in [-0.25, -0.2) is 0 Å². The third-order valence-electron chi connectivity index (χ3n) is 2.98. The number of benzene rings is 2. The van der Waals surface area contributed by atoms with Crippen LogP contribution in [0.25, 0.3) is 0 Å². The Balaban J connectivity index is 2.08. The van der Waals surface area contributed by atoms with Crippen molar-refractivity contribution in [3.05, 3.63) is 58.1 Å². The summed E-state index contributed by atoms with van der Waals surface area (Å²) in [4.78, 5) is 0. The summed E-state index contributed by atoms with van der Waals surface area (Å²) in [5.74, 6) is 0.888. The molecule has 2 aromatic rings. The number of nitrogens with zero attached hydrogens (tertiary/aromatic N) is 1. The van der Waals surface area contributed by atoms with Gasteiger partial charge < -0.3 is 21.0 Å². The number of oxime groups is 1. The van der Waals surface area contributed by atoms with Gasteiger partial charge in [-0.05, 0) is 45.8 Å². The second-order valence-corrected chi connectivity index (χ2v) is 5.24. The Kier molecular flexibility index (Phi) is 5.05. The lowest BCUT2D eigenvalue weighted by atomic mass is 10.1. The highest BCUT2D eigenvalue weighted by Crippen LogP contribution is 2.27. The third-order valence-corrected chi connectivity index (χ3v) is 3.60. The van der Waals surface area contributed by atoms with E-state index in [2.05, 4.69) is 26.4 Å². The van der Waals surface area contributed by atoms with E-state index in [1.54, 1.807) is 13.2 Å². The first-order chi connectivity index (χ1) is 10.1. The Hall–Kier alpha value is -2.21. The van der Waals surface area contributed by atoms with Crippen LogP contribution < -0.4 is 15.8 Å². The smallest absolute Gasteiger partial charge is 0.170 e. The molecule has 0 heterocycles. The number of rotatable bonds is 5. The Bertz CT molecular complexity index is 659. The van der Waals surface area contributed by atoms with Crippen molar-refractivity contribution in [2.75, 3.05) is 12.4 Å². The molecule has 0 aliphatic carbocycles. The van der Waals surface area contributed by atoms with Crippen LogP contribution in [0.3, 0.4) is 0 Å². The predicted molar refractivity (Wildman–Crippen MR) is 87.0 cm³/mol. The summed E-state index contributed by atoms with van der Waals surface area (Å²) in [7, 11) is 1.63. The van der Waals surface area contributed by atoms with Crippen molar-refractivity contribution >= 4 is 27.5 Å². The maximum Gasteiger partial charge on any atom is 0.170 e. The van der Waals surface area contributed by atoms with Crippen LogP contribution in [0.2, 0.25) is 0 Å². The van der Waals surface area contributed by atoms with Crippen molar-refractivity contribution < 1.29 is 9.94 Å². The summed E-state index contributed by atoms with van der Waals surface area (Å²) in [6.45, 7) is 0.630. The number of ether oxygens (including phenoxy) is 1. The fourth-order valence-corrected chi connectivity index (χ4v) is 2.42. The average molecular weight is 350 g/mol. The number of anilines is 1. The van der Waals surface area contributed by atoms with Gasteiger partial charge in [-0.3, -0.25) is 0 Å². The fraction of sp³-hybridized carbons (Fsp3) is 0.133. The highest BCUT2D eigenvalue weighted by molar-refractivity contribution is 9.10. The zero-order valence-corrected chi connectivity index (χ0v) is 13.1. The first-order valence-corrected chi connectivity index (χ1v) is 7.07. The van der Waals surface area contributed by atoms with Gasteiger partial charge in [0.15, 0.2) is 5.84 Å². The number of nitrogens with one attached hydrogen (secondary N) is 1. The molecule has 0 aliphatic heterocycles. The molecule has 0 saturated heterocycles. The molecule has 0 atom stereocenters. The van der Waals surface area contributed by atoms with Gasteiger partial charge in [0.05, 0.1) is 11.6 Å². The van der Waals surface area contributed by atoms with E-state index in [1.165, 1.54) is 0 Å². The van der Waals surface area contributed by atoms with Crippen LogP contribution in [0.1, 0.15) is 11.1 Å². The molecule has 6 heteroatoms. The molecule has 2 aromatic carbocycles. The second-order valence-electron chi connectivity index (χ2n) is 4.39. The molecule has 0 spiro atoms. The first kappa shape index (κ1) is 15.2. The van der Waals surface area contributed by atoms with Gasteiger partial charge in [-0.1, -0.05) is 23.4 Å². The fourth-order valence-electron chi connectivity index (χ4n) is 1.88. The van der Waals surface area contributed by atoms with E-state index in [0.717, 1.165) is 21.5 Å². The maximum atomic E-state index is 8.70. The van der Waals surface area contributed by atoms with Gasteiger partial charge in [0.2, 0.25) is 0 Å². The topological polar surface area (TPSA) is 79.9 Å². The van der Waals surface area contributed by atoms with Gasteiger partial charge in [0.25, 0.3) is 0 Å². The Morgan fingerprint density at radius 1 is 1.33 bits per heavy atom. The molecule has 0 unspecified atom stereocenters. The van der Waals surface area contributed by atoms with E-state index in [-0.39, 0.29) is 5.84 Å². The maximum absolute atomic E-state index is 8.70. The highest BCUT2D eigenvalue weighted by Gasteiger charge is 2.03. The third kappa shape index (κ3) is 3.88. The SMILES string of the molecule is COc1ccc(NCc2cccc(C(N)=NO)c2)cc1Br. The van der Waals surface area contributed by atoms with E-state index < -0.39 is 0 Å². The summed E-state index contributed by atoms with van der Waals surface area (Å²) < 4.78 is 6.08. The van der Waals surface area contributed by atoms with Gasteiger partial charge in [0.1, 0.15) is 5.75 Å². The van der Waals surface area contributed by atoms with Crippen LogP contribution in [-0.4, -0.2) is 18.2 Å². The number of nitrogens with two attached hydrogens (primary N) is 1. The molecule has 0 fully saturated rings. The molecule has 0 saturated carbocycles. The molecule has 0 aliphatic rings. The van der Waals surface area contributed by atoms with E-state index in [4.69, 9.17) is 15.7 Å². The largest absolute Gasteiger partial charge is 0.496 e. The van der Waals surface area contributed by atoms with Gasteiger partial charge >= 0.3 is 0 Å². The Labute approximate surface area is 131 Å². The molecule has 5 nitrogen and oxygen atoms in total. The van der Waals surface area contributed by atoms with Crippen molar-refractivity contribution in [1.82, 2.24) is 0 Å². The zero-order chi connectivity index (χ0) is 15.2. The molecule has 0 aromatic heterocycles. The normalized spacial score (nSPS) is 11.2. The van der Waals surface area contributed by atoms with Gasteiger partial charge in [-0.15, -0.1) is 0 Å². The number of amidine groups is 1. The first-order valence-electron chi connectivity index (χ1n) is 6.28. The van der Waals surface area contributed by atoms with Gasteiger partial charge in [0, 0.05) is 17.8 Å². The molecule has 21 heavy (non-hydrogen) atoms. The molecule has 110 valence electrons. The molecule has 0 bridgehead atoms. The van der Waals surface area contributed by atoms with E-state index in [1.807, 2.05) is 36.4 Å².